The predicted octanol–water partition coefficient (Wildman–Crippen LogP) is 2.89. The first-order valence-electron chi connectivity index (χ1n) is 6.63. The van der Waals surface area contributed by atoms with Gasteiger partial charge >= 0.3 is 0 Å². The van der Waals surface area contributed by atoms with E-state index in [1.807, 2.05) is 61.5 Å². The van der Waals surface area contributed by atoms with Crippen molar-refractivity contribution in [3.8, 4) is 5.75 Å². The van der Waals surface area contributed by atoms with Crippen molar-refractivity contribution in [1.29, 1.82) is 0 Å². The van der Waals surface area contributed by atoms with Crippen molar-refractivity contribution < 1.29 is 8.95 Å². The monoisotopic (exact) mass is 289 g/mol. The molecule has 0 aromatic heterocycles. The third kappa shape index (κ3) is 3.68. The van der Waals surface area contributed by atoms with E-state index in [0.717, 1.165) is 16.2 Å². The van der Waals surface area contributed by atoms with Crippen LogP contribution in [0.5, 0.6) is 5.75 Å². The van der Waals surface area contributed by atoms with Crippen LogP contribution in [-0.4, -0.2) is 16.6 Å². The Hall–Kier alpha value is -1.65. The quantitative estimate of drug-likeness (QED) is 0.889. The van der Waals surface area contributed by atoms with Crippen molar-refractivity contribution in [2.45, 2.75) is 17.9 Å². The van der Waals surface area contributed by atoms with Gasteiger partial charge in [-0.2, -0.15) is 0 Å². The Balaban J connectivity index is 2.12. The van der Waals surface area contributed by atoms with Crippen molar-refractivity contribution in [2.24, 2.45) is 5.73 Å². The van der Waals surface area contributed by atoms with E-state index in [1.165, 1.54) is 0 Å². The molecule has 0 saturated carbocycles. The molecule has 0 saturated heterocycles. The van der Waals surface area contributed by atoms with Gasteiger partial charge in [0, 0.05) is 22.3 Å². The van der Waals surface area contributed by atoms with Gasteiger partial charge in [0.15, 0.2) is 0 Å². The lowest BCUT2D eigenvalue weighted by atomic mass is 10.1. The van der Waals surface area contributed by atoms with Gasteiger partial charge in [0.2, 0.25) is 0 Å². The highest BCUT2D eigenvalue weighted by Gasteiger charge is 2.15. The van der Waals surface area contributed by atoms with E-state index in [2.05, 4.69) is 0 Å². The molecule has 2 aromatic rings. The Morgan fingerprint density at radius 1 is 1.10 bits per heavy atom. The minimum atomic E-state index is -1.11. The van der Waals surface area contributed by atoms with E-state index in [4.69, 9.17) is 10.5 Å². The molecular formula is C16H19NO2S. The Labute approximate surface area is 122 Å². The van der Waals surface area contributed by atoms with Crippen molar-refractivity contribution >= 4 is 10.8 Å². The van der Waals surface area contributed by atoms with Gasteiger partial charge in [-0.25, -0.2) is 0 Å². The number of benzene rings is 2. The van der Waals surface area contributed by atoms with Crippen molar-refractivity contribution in [2.75, 3.05) is 12.4 Å². The maximum absolute atomic E-state index is 12.3. The van der Waals surface area contributed by atoms with Crippen LogP contribution >= 0.6 is 0 Å². The van der Waals surface area contributed by atoms with Gasteiger partial charge in [-0.05, 0) is 25.1 Å². The number of nitrogens with two attached hydrogens (primary N) is 1. The molecule has 20 heavy (non-hydrogen) atoms. The zero-order chi connectivity index (χ0) is 14.4. The molecule has 0 amide bonds. The van der Waals surface area contributed by atoms with Gasteiger partial charge in [-0.1, -0.05) is 36.4 Å². The number of hydrogen-bond donors (Lipinski definition) is 1. The molecule has 0 aliphatic rings. The molecule has 106 valence electrons. The van der Waals surface area contributed by atoms with Crippen LogP contribution in [0.3, 0.4) is 0 Å². The lowest BCUT2D eigenvalue weighted by molar-refractivity contribution is 0.335. The third-order valence-electron chi connectivity index (χ3n) is 2.96. The maximum Gasteiger partial charge on any atom is 0.124 e. The van der Waals surface area contributed by atoms with Gasteiger partial charge < -0.3 is 10.5 Å². The molecule has 2 rings (SSSR count). The third-order valence-corrected chi connectivity index (χ3v) is 4.42. The topological polar surface area (TPSA) is 52.3 Å². The van der Waals surface area contributed by atoms with Crippen LogP contribution in [0.4, 0.5) is 0 Å². The van der Waals surface area contributed by atoms with Crippen LogP contribution in [0.2, 0.25) is 0 Å². The van der Waals surface area contributed by atoms with E-state index >= 15 is 0 Å². The van der Waals surface area contributed by atoms with Crippen molar-refractivity contribution in [3.05, 3.63) is 60.2 Å². The van der Waals surface area contributed by atoms with E-state index < -0.39 is 10.8 Å². The summed E-state index contributed by atoms with van der Waals surface area (Å²) in [4.78, 5) is 0.803. The Kier molecular flexibility index (Phi) is 5.32. The summed E-state index contributed by atoms with van der Waals surface area (Å²) in [5, 5.41) is 0. The predicted molar refractivity (Wildman–Crippen MR) is 82.3 cm³/mol. The summed E-state index contributed by atoms with van der Waals surface area (Å²) in [6.07, 6.45) is 0. The first kappa shape index (κ1) is 14.8. The molecule has 0 radical (unpaired) electrons. The summed E-state index contributed by atoms with van der Waals surface area (Å²) in [7, 11) is -1.11. The molecule has 0 heterocycles. The van der Waals surface area contributed by atoms with E-state index in [9.17, 15) is 4.21 Å². The van der Waals surface area contributed by atoms with Gasteiger partial charge in [0.25, 0.3) is 0 Å². The standard InChI is InChI=1S/C16H19NO2S/c1-2-19-16-11-7-6-10-14(16)15(17)12-20(18)13-8-4-3-5-9-13/h3-11,15H,2,12,17H2,1H3. The summed E-state index contributed by atoms with van der Waals surface area (Å²) >= 11 is 0. The molecule has 2 unspecified atom stereocenters. The molecule has 0 bridgehead atoms. The van der Waals surface area contributed by atoms with Gasteiger partial charge in [-0.3, -0.25) is 4.21 Å². The normalized spacial score (nSPS) is 13.7. The minimum absolute atomic E-state index is 0.307. The van der Waals surface area contributed by atoms with Gasteiger partial charge in [-0.15, -0.1) is 0 Å². The van der Waals surface area contributed by atoms with E-state index in [0.29, 0.717) is 12.4 Å². The largest absolute Gasteiger partial charge is 0.494 e. The highest BCUT2D eigenvalue weighted by Crippen LogP contribution is 2.25. The highest BCUT2D eigenvalue weighted by atomic mass is 32.2. The Morgan fingerprint density at radius 3 is 2.45 bits per heavy atom. The molecule has 0 aliphatic heterocycles. The second-order valence-corrected chi connectivity index (χ2v) is 5.90. The molecule has 2 aromatic carbocycles. The second kappa shape index (κ2) is 7.22. The summed E-state index contributed by atoms with van der Waals surface area (Å²) in [6.45, 7) is 2.52. The van der Waals surface area contributed by atoms with Crippen LogP contribution in [0.1, 0.15) is 18.5 Å². The summed E-state index contributed by atoms with van der Waals surface area (Å²) in [5.74, 6) is 1.15. The van der Waals surface area contributed by atoms with Gasteiger partial charge in [0.1, 0.15) is 5.75 Å². The van der Waals surface area contributed by atoms with E-state index in [1.54, 1.807) is 0 Å². The van der Waals surface area contributed by atoms with Crippen LogP contribution in [0.15, 0.2) is 59.5 Å². The van der Waals surface area contributed by atoms with Crippen LogP contribution in [-0.2, 0) is 10.8 Å². The maximum atomic E-state index is 12.3. The molecule has 0 spiro atoms. The van der Waals surface area contributed by atoms with Crippen LogP contribution in [0.25, 0.3) is 0 Å². The molecule has 0 fully saturated rings. The molecular weight excluding hydrogens is 270 g/mol. The molecule has 3 nitrogen and oxygen atoms in total. The molecule has 2 N–H and O–H groups in total. The second-order valence-electron chi connectivity index (χ2n) is 4.40. The minimum Gasteiger partial charge on any atom is -0.494 e. The smallest absolute Gasteiger partial charge is 0.124 e. The van der Waals surface area contributed by atoms with E-state index in [-0.39, 0.29) is 6.04 Å². The molecule has 0 aliphatic carbocycles. The van der Waals surface area contributed by atoms with Crippen molar-refractivity contribution in [3.63, 3.8) is 0 Å². The molecule has 2 atom stereocenters. The SMILES string of the molecule is CCOc1ccccc1C(N)CS(=O)c1ccccc1. The zero-order valence-corrected chi connectivity index (χ0v) is 12.3. The lowest BCUT2D eigenvalue weighted by Crippen LogP contribution is -2.19. The Bertz CT molecular complexity index is 572. The first-order chi connectivity index (χ1) is 9.72. The van der Waals surface area contributed by atoms with Crippen molar-refractivity contribution in [1.82, 2.24) is 0 Å². The van der Waals surface area contributed by atoms with Gasteiger partial charge in [0.05, 0.1) is 17.4 Å². The number of para-hydroxylation sites is 1. The van der Waals surface area contributed by atoms with Crippen LogP contribution < -0.4 is 10.5 Å². The Morgan fingerprint density at radius 2 is 1.75 bits per heavy atom. The summed E-state index contributed by atoms with van der Waals surface area (Å²) < 4.78 is 17.9. The fraction of sp³-hybridized carbons (Fsp3) is 0.250. The number of rotatable bonds is 6. The van der Waals surface area contributed by atoms with Crippen LogP contribution in [0, 0.1) is 0 Å². The molecule has 4 heteroatoms. The average Bonchev–Trinajstić information content (AvgIpc) is 2.49. The summed E-state index contributed by atoms with van der Waals surface area (Å²) in [6, 6.07) is 16.7. The zero-order valence-electron chi connectivity index (χ0n) is 11.5. The summed E-state index contributed by atoms with van der Waals surface area (Å²) in [5.41, 5.74) is 7.09. The number of ether oxygens (including phenoxy) is 1. The highest BCUT2D eigenvalue weighted by molar-refractivity contribution is 7.85. The first-order valence-corrected chi connectivity index (χ1v) is 7.95. The average molecular weight is 289 g/mol. The fourth-order valence-corrected chi connectivity index (χ4v) is 3.15. The lowest BCUT2D eigenvalue weighted by Gasteiger charge is -2.16. The number of hydrogen-bond acceptors (Lipinski definition) is 3. The fourth-order valence-electron chi connectivity index (χ4n) is 2.00.